The molecule has 1 aliphatic heterocycles. The molecule has 1 atom stereocenters. The molecule has 0 radical (unpaired) electrons. The van der Waals surface area contributed by atoms with Gasteiger partial charge in [0.05, 0.1) is 11.9 Å². The summed E-state index contributed by atoms with van der Waals surface area (Å²) >= 11 is 0. The summed E-state index contributed by atoms with van der Waals surface area (Å²) in [4.78, 5) is 8.78. The van der Waals surface area contributed by atoms with Crippen LogP contribution in [-0.2, 0) is 15.4 Å². The smallest absolute Gasteiger partial charge is 0.223 e. The van der Waals surface area contributed by atoms with Crippen LogP contribution in [0.15, 0.2) is 12.3 Å². The van der Waals surface area contributed by atoms with Gasteiger partial charge >= 0.3 is 0 Å². The van der Waals surface area contributed by atoms with Crippen LogP contribution in [0.25, 0.3) is 0 Å². The largest absolute Gasteiger partial charge is 0.350 e. The van der Waals surface area contributed by atoms with Crippen molar-refractivity contribution < 1.29 is 8.42 Å². The first-order valence-electron chi connectivity index (χ1n) is 7.21. The molecule has 7 heteroatoms. The van der Waals surface area contributed by atoms with E-state index in [4.69, 9.17) is 0 Å². The Morgan fingerprint density at radius 1 is 1.38 bits per heavy atom. The van der Waals surface area contributed by atoms with Crippen molar-refractivity contribution in [2.24, 2.45) is 0 Å². The fourth-order valence-corrected chi connectivity index (χ4v) is 3.30. The number of aromatic nitrogens is 2. The van der Waals surface area contributed by atoms with Crippen LogP contribution < -0.4 is 5.32 Å². The summed E-state index contributed by atoms with van der Waals surface area (Å²) in [6, 6.07) is 1.97. The van der Waals surface area contributed by atoms with E-state index in [1.54, 1.807) is 6.20 Å². The van der Waals surface area contributed by atoms with Crippen molar-refractivity contribution in [3.05, 3.63) is 18.0 Å². The molecular weight excluding hydrogens is 288 g/mol. The van der Waals surface area contributed by atoms with Gasteiger partial charge in [-0.3, -0.25) is 0 Å². The summed E-state index contributed by atoms with van der Waals surface area (Å²) in [5, 5.41) is 3.27. The lowest BCUT2D eigenvalue weighted by Crippen LogP contribution is -2.44. The fraction of sp³-hybridized carbons (Fsp3) is 0.714. The molecule has 21 heavy (non-hydrogen) atoms. The Kier molecular flexibility index (Phi) is 4.53. The number of hydrogen-bond acceptors (Lipinski definition) is 5. The van der Waals surface area contributed by atoms with Crippen LogP contribution >= 0.6 is 0 Å². The first-order chi connectivity index (χ1) is 9.66. The van der Waals surface area contributed by atoms with Crippen LogP contribution in [-0.4, -0.2) is 48.1 Å². The Balaban J connectivity index is 2.08. The van der Waals surface area contributed by atoms with Crippen molar-refractivity contribution in [2.45, 2.75) is 45.1 Å². The molecular formula is C14H24N4O2S. The van der Waals surface area contributed by atoms with Crippen LogP contribution in [0.3, 0.4) is 0 Å². The average molecular weight is 312 g/mol. The number of anilines is 1. The van der Waals surface area contributed by atoms with Gasteiger partial charge in [0, 0.05) is 30.7 Å². The minimum atomic E-state index is -3.13. The minimum absolute atomic E-state index is 0.0370. The predicted octanol–water partition coefficient (Wildman–Crippen LogP) is 1.61. The monoisotopic (exact) mass is 312 g/mol. The lowest BCUT2D eigenvalue weighted by atomic mass is 9.92. The van der Waals surface area contributed by atoms with E-state index in [2.05, 4.69) is 36.1 Å². The standard InChI is InChI=1S/C14H24N4O2S/c1-14(2,3)12-7-8-15-13(17-12)16-11-6-5-9-18(10-11)21(4,19)20/h7-8,11H,5-6,9-10H2,1-4H3,(H,15,16,17). The van der Waals surface area contributed by atoms with E-state index < -0.39 is 10.0 Å². The Morgan fingerprint density at radius 2 is 2.10 bits per heavy atom. The Morgan fingerprint density at radius 3 is 2.71 bits per heavy atom. The fourth-order valence-electron chi connectivity index (χ4n) is 2.39. The minimum Gasteiger partial charge on any atom is -0.350 e. The van der Waals surface area contributed by atoms with Crippen LogP contribution in [0.2, 0.25) is 0 Å². The number of rotatable bonds is 3. The van der Waals surface area contributed by atoms with E-state index in [1.165, 1.54) is 10.6 Å². The second-order valence-corrected chi connectivity index (χ2v) is 8.60. The van der Waals surface area contributed by atoms with Crippen LogP contribution in [0.4, 0.5) is 5.95 Å². The highest BCUT2D eigenvalue weighted by Gasteiger charge is 2.26. The summed E-state index contributed by atoms with van der Waals surface area (Å²) in [5.74, 6) is 0.572. The summed E-state index contributed by atoms with van der Waals surface area (Å²) in [6.07, 6.45) is 4.78. The summed E-state index contributed by atoms with van der Waals surface area (Å²) in [6.45, 7) is 7.38. The normalized spacial score (nSPS) is 21.2. The number of hydrogen-bond donors (Lipinski definition) is 1. The Bertz CT molecular complexity index is 595. The van der Waals surface area contributed by atoms with Crippen molar-refractivity contribution in [1.29, 1.82) is 0 Å². The highest BCUT2D eigenvalue weighted by molar-refractivity contribution is 7.88. The maximum atomic E-state index is 11.6. The van der Waals surface area contributed by atoms with Crippen LogP contribution in [0, 0.1) is 0 Å². The summed E-state index contributed by atoms with van der Waals surface area (Å²) in [7, 11) is -3.13. The highest BCUT2D eigenvalue weighted by atomic mass is 32.2. The van der Waals surface area contributed by atoms with Gasteiger partial charge in [0.2, 0.25) is 16.0 Å². The molecule has 0 bridgehead atoms. The van der Waals surface area contributed by atoms with E-state index in [9.17, 15) is 8.42 Å². The molecule has 118 valence electrons. The zero-order chi connectivity index (χ0) is 15.7. The molecule has 1 fully saturated rings. The SMILES string of the molecule is CC(C)(C)c1ccnc(NC2CCCN(S(C)(=O)=O)C2)n1. The molecule has 6 nitrogen and oxygen atoms in total. The number of sulfonamides is 1. The zero-order valence-corrected chi connectivity index (χ0v) is 13.9. The zero-order valence-electron chi connectivity index (χ0n) is 13.1. The Hall–Kier alpha value is -1.21. The van der Waals surface area contributed by atoms with Crippen molar-refractivity contribution in [3.8, 4) is 0 Å². The van der Waals surface area contributed by atoms with Gasteiger partial charge in [0.1, 0.15) is 0 Å². The Labute approximate surface area is 127 Å². The molecule has 1 N–H and O–H groups in total. The van der Waals surface area contributed by atoms with Crippen molar-refractivity contribution in [1.82, 2.24) is 14.3 Å². The number of nitrogens with zero attached hydrogens (tertiary/aromatic N) is 3. The van der Waals surface area contributed by atoms with Gasteiger partial charge < -0.3 is 5.32 Å². The second-order valence-electron chi connectivity index (χ2n) is 6.62. The van der Waals surface area contributed by atoms with Gasteiger partial charge in [-0.25, -0.2) is 22.7 Å². The molecule has 1 aromatic rings. The van der Waals surface area contributed by atoms with E-state index in [0.717, 1.165) is 18.5 Å². The van der Waals surface area contributed by atoms with E-state index >= 15 is 0 Å². The first-order valence-corrected chi connectivity index (χ1v) is 9.06. The molecule has 0 amide bonds. The van der Waals surface area contributed by atoms with E-state index in [1.807, 2.05) is 6.07 Å². The van der Waals surface area contributed by atoms with Gasteiger partial charge in [-0.15, -0.1) is 0 Å². The topological polar surface area (TPSA) is 75.2 Å². The first kappa shape index (κ1) is 16.2. The molecule has 0 aromatic carbocycles. The summed E-state index contributed by atoms with van der Waals surface area (Å²) in [5.41, 5.74) is 0.931. The molecule has 1 saturated heterocycles. The van der Waals surface area contributed by atoms with Crippen LogP contribution in [0.1, 0.15) is 39.3 Å². The maximum absolute atomic E-state index is 11.6. The average Bonchev–Trinajstić information content (AvgIpc) is 2.37. The molecule has 0 spiro atoms. The molecule has 0 aliphatic carbocycles. The lowest BCUT2D eigenvalue weighted by Gasteiger charge is -2.31. The molecule has 2 heterocycles. The third kappa shape index (κ3) is 4.38. The lowest BCUT2D eigenvalue weighted by molar-refractivity contribution is 0.328. The van der Waals surface area contributed by atoms with Crippen molar-refractivity contribution in [3.63, 3.8) is 0 Å². The van der Waals surface area contributed by atoms with Crippen molar-refractivity contribution in [2.75, 3.05) is 24.7 Å². The molecule has 1 aliphatic rings. The molecule has 1 aromatic heterocycles. The number of nitrogens with one attached hydrogen (secondary N) is 1. The van der Waals surface area contributed by atoms with Gasteiger partial charge in [0.15, 0.2) is 0 Å². The van der Waals surface area contributed by atoms with E-state index in [0.29, 0.717) is 19.0 Å². The van der Waals surface area contributed by atoms with Gasteiger partial charge in [0.25, 0.3) is 0 Å². The highest BCUT2D eigenvalue weighted by Crippen LogP contribution is 2.21. The molecule has 0 saturated carbocycles. The van der Waals surface area contributed by atoms with Gasteiger partial charge in [-0.1, -0.05) is 20.8 Å². The number of piperidine rings is 1. The molecule has 1 unspecified atom stereocenters. The molecule has 2 rings (SSSR count). The van der Waals surface area contributed by atoms with Gasteiger partial charge in [-0.2, -0.15) is 0 Å². The maximum Gasteiger partial charge on any atom is 0.223 e. The predicted molar refractivity (Wildman–Crippen MR) is 83.8 cm³/mol. The van der Waals surface area contributed by atoms with Crippen molar-refractivity contribution >= 4 is 16.0 Å². The van der Waals surface area contributed by atoms with Crippen LogP contribution in [0.5, 0.6) is 0 Å². The summed E-state index contributed by atoms with van der Waals surface area (Å²) < 4.78 is 24.8. The third-order valence-electron chi connectivity index (χ3n) is 3.61. The quantitative estimate of drug-likeness (QED) is 0.918. The van der Waals surface area contributed by atoms with Gasteiger partial charge in [-0.05, 0) is 18.9 Å². The third-order valence-corrected chi connectivity index (χ3v) is 4.88. The van der Waals surface area contributed by atoms with E-state index in [-0.39, 0.29) is 11.5 Å². The second kappa shape index (κ2) is 5.88.